The molecule has 0 radical (unpaired) electrons. The molecule has 2 aliphatic rings. The Balaban J connectivity index is 1.59. The van der Waals surface area contributed by atoms with Gasteiger partial charge in [-0.05, 0) is 57.7 Å². The molecule has 0 aromatic heterocycles. The van der Waals surface area contributed by atoms with Gasteiger partial charge >= 0.3 is 17.9 Å². The van der Waals surface area contributed by atoms with Gasteiger partial charge in [0.05, 0.1) is 18.6 Å². The third-order valence-corrected chi connectivity index (χ3v) is 6.78. The first-order valence-corrected chi connectivity index (χ1v) is 13.4. The summed E-state index contributed by atoms with van der Waals surface area (Å²) in [6, 6.07) is 14.7. The van der Waals surface area contributed by atoms with Crippen LogP contribution in [0.1, 0.15) is 57.8 Å². The lowest BCUT2D eigenvalue weighted by molar-refractivity contribution is -0.172. The smallest absolute Gasteiger partial charge is 0.326 e. The number of hydrogen-bond donors (Lipinski definition) is 1. The predicted octanol–water partition coefficient (Wildman–Crippen LogP) is 3.50. The molecule has 2 heterocycles. The highest BCUT2D eigenvalue weighted by Gasteiger charge is 2.46. The van der Waals surface area contributed by atoms with Crippen LogP contribution >= 0.6 is 0 Å². The van der Waals surface area contributed by atoms with Gasteiger partial charge in [-0.1, -0.05) is 48.5 Å². The average molecular weight is 537 g/mol. The van der Waals surface area contributed by atoms with Crippen LogP contribution in [0.2, 0.25) is 0 Å². The number of ether oxygens (including phenoxy) is 3. The Labute approximate surface area is 228 Å². The molecule has 2 aromatic carbocycles. The SMILES string of the molecule is CCOC(=O)C1CC(c2ccccc2)OC(=O)C1N[C@H]1CCc2ccccc2N(CC(=O)OC(C)(C)C)C1=O. The number of aryl methyl sites for hydroxylation is 1. The van der Waals surface area contributed by atoms with Gasteiger partial charge in [0.1, 0.15) is 24.3 Å². The van der Waals surface area contributed by atoms with Gasteiger partial charge in [0.25, 0.3) is 0 Å². The van der Waals surface area contributed by atoms with Crippen molar-refractivity contribution in [3.63, 3.8) is 0 Å². The highest BCUT2D eigenvalue weighted by atomic mass is 16.6. The molecule has 9 nitrogen and oxygen atoms in total. The Bertz CT molecular complexity index is 1210. The molecule has 0 aliphatic carbocycles. The summed E-state index contributed by atoms with van der Waals surface area (Å²) in [5, 5.41) is 3.13. The molecule has 0 saturated carbocycles. The maximum Gasteiger partial charge on any atom is 0.326 e. The third-order valence-electron chi connectivity index (χ3n) is 6.78. The standard InChI is InChI=1S/C30H36N2O7/c1-5-37-28(35)21-17-24(20-12-7-6-8-13-20)38-29(36)26(21)31-22-16-15-19-11-9-10-14-23(19)32(27(22)34)18-25(33)39-30(2,3)4/h6-14,21-22,24,26,31H,5,15-18H2,1-4H3/t21?,22-,24?,26?/m0/s1. The van der Waals surface area contributed by atoms with Crippen molar-refractivity contribution in [1.29, 1.82) is 0 Å². The number of nitrogens with zero attached hydrogens (tertiary/aromatic N) is 1. The Hall–Kier alpha value is -3.72. The molecule has 2 aromatic rings. The van der Waals surface area contributed by atoms with Crippen LogP contribution in [0, 0.1) is 5.92 Å². The Morgan fingerprint density at radius 1 is 1.05 bits per heavy atom. The topological polar surface area (TPSA) is 111 Å². The normalized spacial score (nSPS) is 23.3. The lowest BCUT2D eigenvalue weighted by atomic mass is 9.87. The minimum atomic E-state index is -1.08. The highest BCUT2D eigenvalue weighted by molar-refractivity contribution is 6.02. The number of hydrogen-bond acceptors (Lipinski definition) is 8. The van der Waals surface area contributed by atoms with Crippen LogP contribution in [-0.4, -0.2) is 54.7 Å². The van der Waals surface area contributed by atoms with E-state index in [1.807, 2.05) is 42.5 Å². The van der Waals surface area contributed by atoms with Crippen molar-refractivity contribution < 1.29 is 33.4 Å². The summed E-state index contributed by atoms with van der Waals surface area (Å²) in [6.07, 6.45) is 0.504. The number of fused-ring (bicyclic) bond motifs is 1. The zero-order chi connectivity index (χ0) is 28.2. The fraction of sp³-hybridized carbons (Fsp3) is 0.467. The Morgan fingerprint density at radius 2 is 1.74 bits per heavy atom. The summed E-state index contributed by atoms with van der Waals surface area (Å²) in [6.45, 7) is 6.88. The number of para-hydroxylation sites is 1. The quantitative estimate of drug-likeness (QED) is 0.423. The number of benzene rings is 2. The van der Waals surface area contributed by atoms with E-state index in [9.17, 15) is 19.2 Å². The lowest BCUT2D eigenvalue weighted by Crippen LogP contribution is -2.58. The number of rotatable bonds is 7. The summed E-state index contributed by atoms with van der Waals surface area (Å²) in [7, 11) is 0. The van der Waals surface area contributed by atoms with Crippen LogP contribution in [0.4, 0.5) is 5.69 Å². The van der Waals surface area contributed by atoms with E-state index in [2.05, 4.69) is 5.32 Å². The summed E-state index contributed by atoms with van der Waals surface area (Å²) < 4.78 is 16.6. The first kappa shape index (κ1) is 28.3. The molecule has 3 unspecified atom stereocenters. The molecule has 39 heavy (non-hydrogen) atoms. The largest absolute Gasteiger partial charge is 0.466 e. The number of carbonyl (C=O) groups excluding carboxylic acids is 4. The van der Waals surface area contributed by atoms with Crippen molar-refractivity contribution >= 4 is 29.5 Å². The van der Waals surface area contributed by atoms with Crippen LogP contribution in [0.5, 0.6) is 0 Å². The van der Waals surface area contributed by atoms with Gasteiger partial charge in [0.2, 0.25) is 5.91 Å². The predicted molar refractivity (Wildman–Crippen MR) is 144 cm³/mol. The molecule has 1 amide bonds. The molecule has 208 valence electrons. The Morgan fingerprint density at radius 3 is 2.44 bits per heavy atom. The second-order valence-corrected chi connectivity index (χ2v) is 10.8. The molecule has 1 fully saturated rings. The minimum absolute atomic E-state index is 0.161. The summed E-state index contributed by atoms with van der Waals surface area (Å²) in [4.78, 5) is 54.3. The van der Waals surface area contributed by atoms with Crippen molar-refractivity contribution in [1.82, 2.24) is 5.32 Å². The number of esters is 3. The van der Waals surface area contributed by atoms with Gasteiger partial charge in [-0.3, -0.25) is 29.4 Å². The van der Waals surface area contributed by atoms with Crippen LogP contribution in [0.3, 0.4) is 0 Å². The molecule has 1 N–H and O–H groups in total. The van der Waals surface area contributed by atoms with Crippen LogP contribution in [0.25, 0.3) is 0 Å². The van der Waals surface area contributed by atoms with E-state index < -0.39 is 47.6 Å². The van der Waals surface area contributed by atoms with Gasteiger partial charge in [0, 0.05) is 12.1 Å². The zero-order valence-corrected chi connectivity index (χ0v) is 22.8. The van der Waals surface area contributed by atoms with Crippen molar-refractivity contribution in [3.05, 3.63) is 65.7 Å². The van der Waals surface area contributed by atoms with E-state index in [0.717, 1.165) is 11.1 Å². The summed E-state index contributed by atoms with van der Waals surface area (Å²) >= 11 is 0. The molecule has 0 spiro atoms. The first-order valence-electron chi connectivity index (χ1n) is 13.4. The summed E-state index contributed by atoms with van der Waals surface area (Å²) in [5.74, 6) is -2.93. The molecule has 9 heteroatoms. The molecular formula is C30H36N2O7. The van der Waals surface area contributed by atoms with Crippen molar-refractivity contribution in [2.45, 2.75) is 70.7 Å². The van der Waals surface area contributed by atoms with Gasteiger partial charge in [-0.15, -0.1) is 0 Å². The third kappa shape index (κ3) is 6.84. The fourth-order valence-corrected chi connectivity index (χ4v) is 5.08. The van der Waals surface area contributed by atoms with Crippen molar-refractivity contribution in [2.24, 2.45) is 5.92 Å². The van der Waals surface area contributed by atoms with Gasteiger partial charge in [0.15, 0.2) is 0 Å². The number of anilines is 1. The van der Waals surface area contributed by atoms with Crippen LogP contribution < -0.4 is 10.2 Å². The maximum atomic E-state index is 13.9. The van der Waals surface area contributed by atoms with E-state index in [1.54, 1.807) is 39.8 Å². The van der Waals surface area contributed by atoms with Gasteiger partial charge in [-0.25, -0.2) is 0 Å². The molecule has 4 atom stereocenters. The highest BCUT2D eigenvalue weighted by Crippen LogP contribution is 2.35. The average Bonchev–Trinajstić information content (AvgIpc) is 3.01. The van der Waals surface area contributed by atoms with Crippen LogP contribution in [-0.2, 0) is 39.8 Å². The molecule has 4 rings (SSSR count). The zero-order valence-electron chi connectivity index (χ0n) is 22.8. The molecule has 0 bridgehead atoms. The minimum Gasteiger partial charge on any atom is -0.466 e. The number of cyclic esters (lactones) is 1. The lowest BCUT2D eigenvalue weighted by Gasteiger charge is -2.36. The molecule has 1 saturated heterocycles. The number of amides is 1. The molecule has 2 aliphatic heterocycles. The monoisotopic (exact) mass is 536 g/mol. The van der Waals surface area contributed by atoms with E-state index >= 15 is 0 Å². The fourth-order valence-electron chi connectivity index (χ4n) is 5.08. The second kappa shape index (κ2) is 12.0. The maximum absolute atomic E-state index is 13.9. The van der Waals surface area contributed by atoms with E-state index in [0.29, 0.717) is 18.5 Å². The number of carbonyl (C=O) groups is 4. The van der Waals surface area contributed by atoms with E-state index in [4.69, 9.17) is 14.2 Å². The van der Waals surface area contributed by atoms with Crippen LogP contribution in [0.15, 0.2) is 54.6 Å². The second-order valence-electron chi connectivity index (χ2n) is 10.8. The first-order chi connectivity index (χ1) is 18.6. The van der Waals surface area contributed by atoms with Crippen molar-refractivity contribution in [2.75, 3.05) is 18.1 Å². The number of nitrogens with one attached hydrogen (secondary N) is 1. The van der Waals surface area contributed by atoms with E-state index in [-0.39, 0.29) is 25.5 Å². The van der Waals surface area contributed by atoms with E-state index in [1.165, 1.54) is 4.90 Å². The van der Waals surface area contributed by atoms with Gasteiger partial charge < -0.3 is 14.2 Å². The molecular weight excluding hydrogens is 500 g/mol. The summed E-state index contributed by atoms with van der Waals surface area (Å²) in [5.41, 5.74) is 1.59. The van der Waals surface area contributed by atoms with Gasteiger partial charge in [-0.2, -0.15) is 0 Å². The van der Waals surface area contributed by atoms with Crippen molar-refractivity contribution in [3.8, 4) is 0 Å². The Kier molecular flexibility index (Phi) is 8.70.